The zero-order valence-electron chi connectivity index (χ0n) is 12.9. The lowest BCUT2D eigenvalue weighted by Gasteiger charge is -2.07. The van der Waals surface area contributed by atoms with Gasteiger partial charge < -0.3 is 27.3 Å². The highest BCUT2D eigenvalue weighted by molar-refractivity contribution is 6.29. The van der Waals surface area contributed by atoms with Gasteiger partial charge in [0, 0.05) is 0 Å². The van der Waals surface area contributed by atoms with Gasteiger partial charge in [-0.1, -0.05) is 23.2 Å². The predicted molar refractivity (Wildman–Crippen MR) is 96.9 cm³/mol. The summed E-state index contributed by atoms with van der Waals surface area (Å²) in [5.41, 5.74) is 17.2. The molecule has 130 valence electrons. The second-order valence-corrected chi connectivity index (χ2v) is 5.11. The molecule has 0 spiro atoms. The number of hydrogen-bond donors (Lipinski definition) is 4. The maximum atomic E-state index is 11.0. The molecule has 0 fully saturated rings. The number of hydrogen-bond acceptors (Lipinski definition) is 8. The lowest BCUT2D eigenvalue weighted by atomic mass is 10.4. The Balaban J connectivity index is 0.000000272. The van der Waals surface area contributed by atoms with E-state index in [1.54, 1.807) is 31.2 Å². The van der Waals surface area contributed by atoms with E-state index in [-0.39, 0.29) is 24.1 Å². The van der Waals surface area contributed by atoms with E-state index >= 15 is 0 Å². The van der Waals surface area contributed by atoms with Crippen molar-refractivity contribution in [2.45, 2.75) is 6.92 Å². The monoisotopic (exact) mass is 372 g/mol. The number of anilines is 4. The second kappa shape index (κ2) is 9.64. The summed E-state index contributed by atoms with van der Waals surface area (Å²) in [6, 6.07) is 6.45. The molecule has 8 nitrogen and oxygen atoms in total. The van der Waals surface area contributed by atoms with E-state index in [4.69, 9.17) is 45.1 Å². The fourth-order valence-corrected chi connectivity index (χ4v) is 1.75. The molecule has 0 aliphatic rings. The first-order chi connectivity index (χ1) is 11.3. The number of halogens is 2. The highest BCUT2D eigenvalue weighted by atomic mass is 35.5. The van der Waals surface area contributed by atoms with Gasteiger partial charge in [-0.25, -0.2) is 9.97 Å². The van der Waals surface area contributed by atoms with Crippen molar-refractivity contribution in [3.05, 3.63) is 34.6 Å². The van der Waals surface area contributed by atoms with Crippen LogP contribution >= 0.6 is 23.2 Å². The average Bonchev–Trinajstić information content (AvgIpc) is 2.51. The Morgan fingerprint density at radius 2 is 1.67 bits per heavy atom. The minimum absolute atomic E-state index is 0.0569. The lowest BCUT2D eigenvalue weighted by molar-refractivity contribution is -0.140. The second-order valence-electron chi connectivity index (χ2n) is 4.33. The van der Waals surface area contributed by atoms with Gasteiger partial charge in [-0.05, 0) is 31.2 Å². The fourth-order valence-electron chi connectivity index (χ4n) is 1.44. The zero-order valence-corrected chi connectivity index (χ0v) is 14.4. The third-order valence-electron chi connectivity index (χ3n) is 2.54. The number of pyridine rings is 2. The first-order valence-electron chi connectivity index (χ1n) is 6.82. The van der Waals surface area contributed by atoms with Gasteiger partial charge in [-0.15, -0.1) is 0 Å². The van der Waals surface area contributed by atoms with Crippen molar-refractivity contribution < 1.29 is 9.53 Å². The van der Waals surface area contributed by atoms with Crippen LogP contribution in [0.1, 0.15) is 6.92 Å². The lowest BCUT2D eigenvalue weighted by Crippen LogP contribution is -2.17. The van der Waals surface area contributed by atoms with E-state index in [1.165, 1.54) is 0 Å². The van der Waals surface area contributed by atoms with Crippen LogP contribution in [-0.4, -0.2) is 29.1 Å². The van der Waals surface area contributed by atoms with Crippen LogP contribution in [0.2, 0.25) is 10.3 Å². The van der Waals surface area contributed by atoms with Gasteiger partial charge in [-0.3, -0.25) is 4.79 Å². The van der Waals surface area contributed by atoms with Gasteiger partial charge in [0.2, 0.25) is 0 Å². The molecule has 0 aliphatic carbocycles. The molecular formula is C14H18Cl2N6O2. The van der Waals surface area contributed by atoms with Gasteiger partial charge in [0.15, 0.2) is 0 Å². The van der Waals surface area contributed by atoms with Gasteiger partial charge in [-0.2, -0.15) is 0 Å². The Hall–Kier alpha value is -2.45. The number of nitrogens with zero attached hydrogens (tertiary/aromatic N) is 2. The number of esters is 1. The molecule has 2 aromatic heterocycles. The van der Waals surface area contributed by atoms with E-state index in [0.29, 0.717) is 28.3 Å². The van der Waals surface area contributed by atoms with Crippen molar-refractivity contribution in [1.29, 1.82) is 0 Å². The quantitative estimate of drug-likeness (QED) is 0.472. The van der Waals surface area contributed by atoms with E-state index in [9.17, 15) is 4.79 Å². The van der Waals surface area contributed by atoms with Crippen LogP contribution in [0.3, 0.4) is 0 Å². The van der Waals surface area contributed by atoms with Crippen molar-refractivity contribution in [3.63, 3.8) is 0 Å². The molecule has 0 radical (unpaired) electrons. The number of nitrogens with one attached hydrogen (secondary N) is 1. The van der Waals surface area contributed by atoms with E-state index in [2.05, 4.69) is 15.3 Å². The van der Waals surface area contributed by atoms with Crippen LogP contribution in [0.5, 0.6) is 0 Å². The Labute approximate surface area is 149 Å². The highest BCUT2D eigenvalue weighted by Crippen LogP contribution is 2.18. The molecule has 0 amide bonds. The summed E-state index contributed by atoms with van der Waals surface area (Å²) >= 11 is 11.1. The number of ether oxygens (including phenoxy) is 1. The van der Waals surface area contributed by atoms with Crippen LogP contribution in [-0.2, 0) is 9.53 Å². The Morgan fingerprint density at radius 3 is 2.17 bits per heavy atom. The summed E-state index contributed by atoms with van der Waals surface area (Å²) < 4.78 is 4.74. The van der Waals surface area contributed by atoms with Gasteiger partial charge in [0.1, 0.15) is 28.5 Å². The zero-order chi connectivity index (χ0) is 18.1. The minimum atomic E-state index is -0.341. The largest absolute Gasteiger partial charge is 0.465 e. The van der Waals surface area contributed by atoms with E-state index < -0.39 is 0 Å². The number of nitrogens with two attached hydrogens (primary N) is 3. The number of rotatable bonds is 4. The normalized spacial score (nSPS) is 9.62. The van der Waals surface area contributed by atoms with Crippen LogP contribution < -0.4 is 22.5 Å². The van der Waals surface area contributed by atoms with Crippen LogP contribution in [0, 0.1) is 0 Å². The van der Waals surface area contributed by atoms with Crippen LogP contribution in [0.25, 0.3) is 0 Å². The molecule has 0 saturated heterocycles. The summed E-state index contributed by atoms with van der Waals surface area (Å²) in [6.45, 7) is 2.16. The molecule has 10 heteroatoms. The molecule has 0 saturated carbocycles. The van der Waals surface area contributed by atoms with Crippen molar-refractivity contribution in [2.24, 2.45) is 0 Å². The van der Waals surface area contributed by atoms with E-state index in [1.807, 2.05) is 0 Å². The fraction of sp³-hybridized carbons (Fsp3) is 0.214. The molecule has 2 heterocycles. The van der Waals surface area contributed by atoms with E-state index in [0.717, 1.165) is 0 Å². The standard InChI is InChI=1S/C9H12ClN3O2.C5H6ClN3/c1-2-15-8(14)5-12-6-3-4-7(10)13-9(6)11;6-4-2-1-3(7)5(8)9-4/h3-4,12H,2,5H2,1H3,(H2,11,13);1-2H,7H2,(H2,8,9). The highest BCUT2D eigenvalue weighted by Gasteiger charge is 2.04. The number of carbonyl (C=O) groups excluding carboxylic acids is 1. The molecule has 0 bridgehead atoms. The maximum Gasteiger partial charge on any atom is 0.325 e. The summed E-state index contributed by atoms with van der Waals surface area (Å²) in [6.07, 6.45) is 0. The topological polar surface area (TPSA) is 142 Å². The smallest absolute Gasteiger partial charge is 0.325 e. The molecule has 2 rings (SSSR count). The Kier molecular flexibility index (Phi) is 7.87. The molecule has 0 aliphatic heterocycles. The predicted octanol–water partition coefficient (Wildman–Crippen LogP) is 2.19. The summed E-state index contributed by atoms with van der Waals surface area (Å²) in [5.74, 6) is 0.196. The SMILES string of the molecule is CCOC(=O)CNc1ccc(Cl)nc1N.Nc1ccc(Cl)nc1N. The molecule has 0 aromatic carbocycles. The molecule has 0 atom stereocenters. The molecule has 7 N–H and O–H groups in total. The summed E-state index contributed by atoms with van der Waals surface area (Å²) in [5, 5.41) is 3.48. The van der Waals surface area contributed by atoms with Gasteiger partial charge in [0.25, 0.3) is 0 Å². The average molecular weight is 373 g/mol. The molecule has 2 aromatic rings. The van der Waals surface area contributed by atoms with Crippen molar-refractivity contribution in [1.82, 2.24) is 9.97 Å². The van der Waals surface area contributed by atoms with Gasteiger partial charge in [0.05, 0.1) is 18.0 Å². The Bertz CT molecular complexity index is 699. The Morgan fingerprint density at radius 1 is 1.08 bits per heavy atom. The molecule has 24 heavy (non-hydrogen) atoms. The molecule has 0 unspecified atom stereocenters. The first kappa shape index (κ1) is 19.6. The van der Waals surface area contributed by atoms with Gasteiger partial charge >= 0.3 is 5.97 Å². The summed E-state index contributed by atoms with van der Waals surface area (Å²) in [4.78, 5) is 18.5. The minimum Gasteiger partial charge on any atom is -0.465 e. The van der Waals surface area contributed by atoms with Crippen molar-refractivity contribution >= 4 is 52.2 Å². The third-order valence-corrected chi connectivity index (χ3v) is 2.96. The molecular weight excluding hydrogens is 355 g/mol. The maximum absolute atomic E-state index is 11.0. The first-order valence-corrected chi connectivity index (χ1v) is 7.58. The van der Waals surface area contributed by atoms with Crippen LogP contribution in [0.15, 0.2) is 24.3 Å². The number of carbonyl (C=O) groups is 1. The summed E-state index contributed by atoms with van der Waals surface area (Å²) in [7, 11) is 0. The van der Waals surface area contributed by atoms with Crippen LogP contribution in [0.4, 0.5) is 23.0 Å². The van der Waals surface area contributed by atoms with Crippen molar-refractivity contribution in [3.8, 4) is 0 Å². The van der Waals surface area contributed by atoms with Crippen molar-refractivity contribution in [2.75, 3.05) is 35.7 Å². The number of nitrogen functional groups attached to an aromatic ring is 3. The third kappa shape index (κ3) is 6.76. The number of aromatic nitrogens is 2.